The molecule has 0 aliphatic heterocycles. The minimum atomic E-state index is -0.163. The van der Waals surface area contributed by atoms with Gasteiger partial charge in [0.25, 0.3) is 5.91 Å². The van der Waals surface area contributed by atoms with Crippen molar-refractivity contribution in [2.24, 2.45) is 0 Å². The Morgan fingerprint density at radius 1 is 0.750 bits per heavy atom. The number of rotatable bonds is 10. The summed E-state index contributed by atoms with van der Waals surface area (Å²) >= 11 is 0. The van der Waals surface area contributed by atoms with Gasteiger partial charge in [0.2, 0.25) is 5.91 Å². The maximum absolute atomic E-state index is 13.3. The van der Waals surface area contributed by atoms with Gasteiger partial charge < -0.3 is 15.0 Å². The van der Waals surface area contributed by atoms with Gasteiger partial charge in [-0.2, -0.15) is 0 Å². The van der Waals surface area contributed by atoms with Crippen molar-refractivity contribution in [1.29, 1.82) is 0 Å². The van der Waals surface area contributed by atoms with Crippen molar-refractivity contribution in [2.75, 3.05) is 11.5 Å². The molecule has 2 amide bonds. The normalized spacial score (nSPS) is 10.5. The van der Waals surface area contributed by atoms with Crippen LogP contribution in [0.5, 0.6) is 5.75 Å². The molecule has 0 aliphatic rings. The van der Waals surface area contributed by atoms with E-state index in [9.17, 15) is 9.59 Å². The van der Waals surface area contributed by atoms with Crippen molar-refractivity contribution in [3.63, 3.8) is 0 Å². The number of carbonyl (C=O) groups excluding carboxylic acids is 2. The average Bonchev–Trinajstić information content (AvgIpc) is 2.90. The van der Waals surface area contributed by atoms with Gasteiger partial charge in [-0.1, -0.05) is 90.5 Å². The van der Waals surface area contributed by atoms with Crippen LogP contribution < -0.4 is 15.0 Å². The van der Waals surface area contributed by atoms with E-state index in [-0.39, 0.29) is 24.8 Å². The second kappa shape index (κ2) is 12.4. The first-order valence-electron chi connectivity index (χ1n) is 12.0. The Hall–Kier alpha value is -4.38. The van der Waals surface area contributed by atoms with Crippen molar-refractivity contribution < 1.29 is 14.3 Å². The number of para-hydroxylation sites is 1. The van der Waals surface area contributed by atoms with Crippen molar-refractivity contribution in [3.05, 3.63) is 131 Å². The number of nitrogens with one attached hydrogen (secondary N) is 1. The Morgan fingerprint density at radius 2 is 1.42 bits per heavy atom. The Bertz CT molecular complexity index is 1290. The van der Waals surface area contributed by atoms with Crippen LogP contribution in [0.25, 0.3) is 0 Å². The van der Waals surface area contributed by atoms with E-state index in [1.807, 2.05) is 110 Å². The quantitative estimate of drug-likeness (QED) is 0.329. The highest BCUT2D eigenvalue weighted by molar-refractivity contribution is 5.94. The van der Waals surface area contributed by atoms with Crippen LogP contribution in [-0.4, -0.2) is 18.4 Å². The van der Waals surface area contributed by atoms with Crippen LogP contribution in [0.4, 0.5) is 5.69 Å². The van der Waals surface area contributed by atoms with Gasteiger partial charge in [-0.05, 0) is 47.9 Å². The molecule has 0 radical (unpaired) electrons. The number of aryl methyl sites for hydroxylation is 1. The summed E-state index contributed by atoms with van der Waals surface area (Å²) < 4.78 is 5.73. The van der Waals surface area contributed by atoms with E-state index < -0.39 is 0 Å². The number of amides is 2. The highest BCUT2D eigenvalue weighted by Crippen LogP contribution is 2.21. The number of nitrogens with zero attached hydrogens (tertiary/aromatic N) is 1. The smallest absolute Gasteiger partial charge is 0.265 e. The summed E-state index contributed by atoms with van der Waals surface area (Å²) in [5, 5.41) is 2.98. The number of carbonyl (C=O) groups is 2. The zero-order valence-corrected chi connectivity index (χ0v) is 20.4. The fourth-order valence-corrected chi connectivity index (χ4v) is 3.93. The molecule has 0 bridgehead atoms. The summed E-state index contributed by atoms with van der Waals surface area (Å²) in [6, 6.07) is 34.8. The van der Waals surface area contributed by atoms with Crippen LogP contribution in [0.1, 0.15) is 22.3 Å². The third-order valence-corrected chi connectivity index (χ3v) is 5.75. The molecule has 5 heteroatoms. The first kappa shape index (κ1) is 24.7. The average molecular weight is 479 g/mol. The van der Waals surface area contributed by atoms with E-state index in [0.717, 1.165) is 27.9 Å². The predicted molar refractivity (Wildman–Crippen MR) is 143 cm³/mol. The second-order valence-electron chi connectivity index (χ2n) is 8.68. The summed E-state index contributed by atoms with van der Waals surface area (Å²) in [6.07, 6.45) is 0.230. The molecule has 0 atom stereocenters. The number of hydrogen-bond donors (Lipinski definition) is 1. The number of anilines is 1. The molecule has 1 N–H and O–H groups in total. The summed E-state index contributed by atoms with van der Waals surface area (Å²) in [7, 11) is 0. The van der Waals surface area contributed by atoms with Crippen molar-refractivity contribution in [3.8, 4) is 5.75 Å². The highest BCUT2D eigenvalue weighted by Gasteiger charge is 2.18. The van der Waals surface area contributed by atoms with Gasteiger partial charge in [0.1, 0.15) is 5.75 Å². The summed E-state index contributed by atoms with van der Waals surface area (Å²) in [5.41, 5.74) is 4.80. The van der Waals surface area contributed by atoms with E-state index in [1.54, 1.807) is 4.90 Å². The monoisotopic (exact) mass is 478 g/mol. The Morgan fingerprint density at radius 3 is 2.17 bits per heavy atom. The fraction of sp³-hybridized carbons (Fsp3) is 0.161. The van der Waals surface area contributed by atoms with Gasteiger partial charge >= 0.3 is 0 Å². The molecular formula is C31H30N2O3. The number of benzene rings is 4. The van der Waals surface area contributed by atoms with Crippen molar-refractivity contribution >= 4 is 17.5 Å². The molecule has 36 heavy (non-hydrogen) atoms. The summed E-state index contributed by atoms with van der Waals surface area (Å²) in [5.74, 6) is 0.412. The van der Waals surface area contributed by atoms with Gasteiger partial charge in [-0.25, -0.2) is 0 Å². The van der Waals surface area contributed by atoms with Crippen LogP contribution in [0.15, 0.2) is 109 Å². The highest BCUT2D eigenvalue weighted by atomic mass is 16.5. The molecule has 0 aromatic heterocycles. The lowest BCUT2D eigenvalue weighted by atomic mass is 10.1. The van der Waals surface area contributed by atoms with E-state index in [2.05, 4.69) is 11.4 Å². The Kier molecular flexibility index (Phi) is 8.49. The third-order valence-electron chi connectivity index (χ3n) is 5.75. The van der Waals surface area contributed by atoms with Crippen LogP contribution in [0.2, 0.25) is 0 Å². The molecule has 0 aliphatic carbocycles. The van der Waals surface area contributed by atoms with E-state index in [1.165, 1.54) is 0 Å². The molecule has 0 saturated carbocycles. The number of hydrogen-bond acceptors (Lipinski definition) is 3. The molecule has 4 aromatic carbocycles. The standard InChI is InChI=1S/C31H30N2O3/c1-24-10-8-14-27(18-24)21-32-30(34)20-26-13-9-15-28(19-26)33(22-25-11-4-2-5-12-25)31(35)23-36-29-16-6-3-7-17-29/h2-19H,20-23H2,1H3,(H,32,34). The molecule has 0 heterocycles. The van der Waals surface area contributed by atoms with Crippen molar-refractivity contribution in [1.82, 2.24) is 5.32 Å². The zero-order chi connectivity index (χ0) is 25.2. The van der Waals surface area contributed by atoms with E-state index in [0.29, 0.717) is 18.8 Å². The van der Waals surface area contributed by atoms with Crippen LogP contribution in [0.3, 0.4) is 0 Å². The predicted octanol–water partition coefficient (Wildman–Crippen LogP) is 5.47. The van der Waals surface area contributed by atoms with Crippen LogP contribution in [-0.2, 0) is 29.1 Å². The number of ether oxygens (including phenoxy) is 1. The largest absolute Gasteiger partial charge is 0.484 e. The van der Waals surface area contributed by atoms with Gasteiger partial charge in [0, 0.05) is 12.2 Å². The van der Waals surface area contributed by atoms with Gasteiger partial charge in [0.05, 0.1) is 13.0 Å². The first-order chi connectivity index (χ1) is 17.6. The molecule has 4 rings (SSSR count). The van der Waals surface area contributed by atoms with Gasteiger partial charge in [0.15, 0.2) is 6.61 Å². The Labute approximate surface area is 212 Å². The van der Waals surface area contributed by atoms with E-state index >= 15 is 0 Å². The minimum absolute atomic E-state index is 0.0676. The lowest BCUT2D eigenvalue weighted by Gasteiger charge is -2.24. The molecular weight excluding hydrogens is 448 g/mol. The zero-order valence-electron chi connectivity index (χ0n) is 20.4. The molecule has 5 nitrogen and oxygen atoms in total. The van der Waals surface area contributed by atoms with Crippen LogP contribution >= 0.6 is 0 Å². The minimum Gasteiger partial charge on any atom is -0.484 e. The van der Waals surface area contributed by atoms with Crippen LogP contribution in [0, 0.1) is 6.92 Å². The first-order valence-corrected chi connectivity index (χ1v) is 12.0. The lowest BCUT2D eigenvalue weighted by molar-refractivity contribution is -0.121. The van der Waals surface area contributed by atoms with Gasteiger partial charge in [-0.15, -0.1) is 0 Å². The van der Waals surface area contributed by atoms with Gasteiger partial charge in [-0.3, -0.25) is 9.59 Å². The summed E-state index contributed by atoms with van der Waals surface area (Å²) in [6.45, 7) is 2.83. The molecule has 182 valence electrons. The lowest BCUT2D eigenvalue weighted by Crippen LogP contribution is -2.34. The second-order valence-corrected chi connectivity index (χ2v) is 8.68. The maximum atomic E-state index is 13.3. The molecule has 0 saturated heterocycles. The molecule has 0 fully saturated rings. The van der Waals surface area contributed by atoms with E-state index in [4.69, 9.17) is 4.74 Å². The maximum Gasteiger partial charge on any atom is 0.265 e. The SMILES string of the molecule is Cc1cccc(CNC(=O)Cc2cccc(N(Cc3ccccc3)C(=O)COc3ccccc3)c2)c1. The molecule has 0 unspecified atom stereocenters. The Balaban J connectivity index is 1.46. The third kappa shape index (κ3) is 7.31. The summed E-state index contributed by atoms with van der Waals surface area (Å²) in [4.78, 5) is 27.6. The topological polar surface area (TPSA) is 58.6 Å². The molecule has 4 aromatic rings. The fourth-order valence-electron chi connectivity index (χ4n) is 3.93. The molecule has 0 spiro atoms. The van der Waals surface area contributed by atoms with Crippen molar-refractivity contribution in [2.45, 2.75) is 26.4 Å².